The Morgan fingerprint density at radius 3 is 2.64 bits per heavy atom. The van der Waals surface area contributed by atoms with Gasteiger partial charge in [-0.2, -0.15) is 5.10 Å². The van der Waals surface area contributed by atoms with Crippen molar-refractivity contribution in [1.82, 2.24) is 14.8 Å². The van der Waals surface area contributed by atoms with Crippen LogP contribution in [-0.4, -0.2) is 15.5 Å². The van der Waals surface area contributed by atoms with Crippen LogP contribution in [0.5, 0.6) is 0 Å². The number of hydrogen-bond donors (Lipinski definition) is 0. The summed E-state index contributed by atoms with van der Waals surface area (Å²) >= 11 is 0. The van der Waals surface area contributed by atoms with Gasteiger partial charge in [0.25, 0.3) is 5.71 Å². The number of rotatable bonds is 1. The molecule has 0 fully saturated rings. The molecule has 0 spiro atoms. The second-order valence-electron chi connectivity index (χ2n) is 3.45. The van der Waals surface area contributed by atoms with E-state index in [4.69, 9.17) is 0 Å². The first-order valence-electron chi connectivity index (χ1n) is 4.64. The third kappa shape index (κ3) is 1.41. The van der Waals surface area contributed by atoms with Crippen LogP contribution in [0.15, 0.2) is 24.4 Å². The molecule has 0 aromatic carbocycles. The second kappa shape index (κ2) is 3.25. The Hall–Kier alpha value is -1.64. The first-order chi connectivity index (χ1) is 6.68. The molecule has 0 aliphatic carbocycles. The van der Waals surface area contributed by atoms with Gasteiger partial charge in [-0.1, -0.05) is 0 Å². The number of aliphatic imine (C=N–C) groups is 1. The molecule has 1 aromatic rings. The third-order valence-corrected chi connectivity index (χ3v) is 2.22. The molecule has 1 aromatic heterocycles. The Labute approximate surface area is 83.5 Å². The summed E-state index contributed by atoms with van der Waals surface area (Å²) < 4.78 is 1.93. The summed E-state index contributed by atoms with van der Waals surface area (Å²) in [6.45, 7) is 6.04. The SMILES string of the molecule is CC1=[N+]C=CC=C1n1nc(C)cc1C. The van der Waals surface area contributed by atoms with Gasteiger partial charge in [-0.05, 0) is 26.0 Å². The molecular formula is C11H13N3+. The monoisotopic (exact) mass is 187 g/mol. The lowest BCUT2D eigenvalue weighted by Crippen LogP contribution is -2.13. The summed E-state index contributed by atoms with van der Waals surface area (Å²) in [6.07, 6.45) is 5.76. The van der Waals surface area contributed by atoms with Crippen LogP contribution >= 0.6 is 0 Å². The minimum atomic E-state index is 0.999. The fourth-order valence-electron chi connectivity index (χ4n) is 1.57. The average Bonchev–Trinajstić information content (AvgIpc) is 2.46. The zero-order valence-corrected chi connectivity index (χ0v) is 8.65. The molecule has 2 rings (SSSR count). The van der Waals surface area contributed by atoms with Gasteiger partial charge in [0.2, 0.25) is 6.20 Å². The molecule has 0 saturated carbocycles. The van der Waals surface area contributed by atoms with Crippen LogP contribution in [0, 0.1) is 13.8 Å². The molecule has 1 aliphatic rings. The minimum absolute atomic E-state index is 0.999. The molecule has 71 valence electrons. The van der Waals surface area contributed by atoms with Gasteiger partial charge in [-0.15, -0.1) is 0 Å². The molecule has 0 N–H and O–H groups in total. The lowest BCUT2D eigenvalue weighted by atomic mass is 10.2. The highest BCUT2D eigenvalue weighted by atomic mass is 15.3. The van der Waals surface area contributed by atoms with E-state index in [1.807, 2.05) is 37.6 Å². The highest BCUT2D eigenvalue weighted by Gasteiger charge is 2.17. The molecule has 3 heteroatoms. The van der Waals surface area contributed by atoms with Crippen LogP contribution in [0.2, 0.25) is 0 Å². The Balaban J connectivity index is 2.50. The van der Waals surface area contributed by atoms with Crippen molar-refractivity contribution in [3.8, 4) is 0 Å². The van der Waals surface area contributed by atoms with Gasteiger partial charge >= 0.3 is 0 Å². The van der Waals surface area contributed by atoms with Gasteiger partial charge in [0.05, 0.1) is 10.7 Å². The molecule has 0 saturated heterocycles. The molecule has 14 heavy (non-hydrogen) atoms. The molecule has 0 amide bonds. The van der Waals surface area contributed by atoms with Crippen molar-refractivity contribution < 1.29 is 0 Å². The fraction of sp³-hybridized carbons (Fsp3) is 0.273. The topological polar surface area (TPSA) is 31.9 Å². The van der Waals surface area contributed by atoms with E-state index in [0.717, 1.165) is 22.8 Å². The predicted molar refractivity (Wildman–Crippen MR) is 57.9 cm³/mol. The van der Waals surface area contributed by atoms with Crippen molar-refractivity contribution in [2.24, 2.45) is 0 Å². The molecule has 0 atom stereocenters. The number of allylic oxidation sites excluding steroid dienone is 3. The van der Waals surface area contributed by atoms with E-state index in [9.17, 15) is 0 Å². The Morgan fingerprint density at radius 1 is 1.29 bits per heavy atom. The number of hydrogen-bond acceptors (Lipinski definition) is 2. The first-order valence-corrected chi connectivity index (χ1v) is 4.64. The lowest BCUT2D eigenvalue weighted by molar-refractivity contribution is 0.862. The van der Waals surface area contributed by atoms with Crippen LogP contribution in [0.3, 0.4) is 0 Å². The van der Waals surface area contributed by atoms with Crippen LogP contribution in [0.4, 0.5) is 0 Å². The second-order valence-corrected chi connectivity index (χ2v) is 3.45. The maximum Gasteiger partial charge on any atom is 0.276 e. The highest BCUT2D eigenvalue weighted by Crippen LogP contribution is 2.12. The standard InChI is InChI=1S/C11H13N3/c1-8-7-9(2)14(13-8)11-5-4-6-12-10(11)3/h4-7H,1-3H3/q+1. The van der Waals surface area contributed by atoms with E-state index < -0.39 is 0 Å². The van der Waals surface area contributed by atoms with E-state index in [2.05, 4.69) is 16.2 Å². The summed E-state index contributed by atoms with van der Waals surface area (Å²) in [5.41, 5.74) is 4.22. The first kappa shape index (κ1) is 8.94. The summed E-state index contributed by atoms with van der Waals surface area (Å²) in [6, 6.07) is 2.06. The van der Waals surface area contributed by atoms with E-state index in [0.29, 0.717) is 0 Å². The molecule has 1 aliphatic heterocycles. The number of aryl methyl sites for hydroxylation is 2. The van der Waals surface area contributed by atoms with Crippen LogP contribution in [0.25, 0.3) is 5.70 Å². The maximum absolute atomic E-state index is 4.42. The minimum Gasteiger partial charge on any atom is -0.231 e. The van der Waals surface area contributed by atoms with Gasteiger partial charge < -0.3 is 0 Å². The normalized spacial score (nSPS) is 15.4. The molecular weight excluding hydrogens is 174 g/mol. The van der Waals surface area contributed by atoms with Crippen molar-refractivity contribution >= 4 is 11.4 Å². The van der Waals surface area contributed by atoms with Crippen molar-refractivity contribution in [3.63, 3.8) is 0 Å². The van der Waals surface area contributed by atoms with Gasteiger partial charge in [0.1, 0.15) is 5.70 Å². The number of aromatic nitrogens is 2. The molecule has 0 unspecified atom stereocenters. The molecule has 0 bridgehead atoms. The summed E-state index contributed by atoms with van der Waals surface area (Å²) in [4.78, 5) is 4.25. The van der Waals surface area contributed by atoms with E-state index in [1.165, 1.54) is 0 Å². The van der Waals surface area contributed by atoms with Crippen molar-refractivity contribution in [3.05, 3.63) is 35.8 Å². The van der Waals surface area contributed by atoms with Crippen LogP contribution < -0.4 is 4.99 Å². The molecule has 3 nitrogen and oxygen atoms in total. The third-order valence-electron chi connectivity index (χ3n) is 2.22. The van der Waals surface area contributed by atoms with Crippen molar-refractivity contribution in [2.45, 2.75) is 20.8 Å². The summed E-state index contributed by atoms with van der Waals surface area (Å²) in [7, 11) is 0. The van der Waals surface area contributed by atoms with Crippen molar-refractivity contribution in [2.75, 3.05) is 0 Å². The van der Waals surface area contributed by atoms with E-state index >= 15 is 0 Å². The predicted octanol–water partition coefficient (Wildman–Crippen LogP) is 1.66. The number of nitrogens with zero attached hydrogens (tertiary/aromatic N) is 3. The Kier molecular flexibility index (Phi) is 2.08. The van der Waals surface area contributed by atoms with Gasteiger partial charge in [-0.3, -0.25) is 0 Å². The van der Waals surface area contributed by atoms with E-state index in [-0.39, 0.29) is 0 Å². The van der Waals surface area contributed by atoms with Crippen LogP contribution in [0.1, 0.15) is 18.3 Å². The fourth-order valence-corrected chi connectivity index (χ4v) is 1.57. The van der Waals surface area contributed by atoms with Gasteiger partial charge in [-0.25, -0.2) is 4.68 Å². The Morgan fingerprint density at radius 2 is 2.07 bits per heavy atom. The lowest BCUT2D eigenvalue weighted by Gasteiger charge is -2.04. The molecule has 1 radical (unpaired) electrons. The average molecular weight is 187 g/mol. The smallest absolute Gasteiger partial charge is 0.231 e. The van der Waals surface area contributed by atoms with E-state index in [1.54, 1.807) is 6.20 Å². The maximum atomic E-state index is 4.42. The van der Waals surface area contributed by atoms with Gasteiger partial charge in [0.15, 0.2) is 0 Å². The molecule has 2 heterocycles. The summed E-state index contributed by atoms with van der Waals surface area (Å²) in [5, 5.41) is 4.42. The largest absolute Gasteiger partial charge is 0.276 e. The van der Waals surface area contributed by atoms with Crippen LogP contribution in [-0.2, 0) is 0 Å². The van der Waals surface area contributed by atoms with Crippen molar-refractivity contribution in [1.29, 1.82) is 0 Å². The zero-order valence-electron chi connectivity index (χ0n) is 8.65. The Bertz CT molecular complexity index is 447. The van der Waals surface area contributed by atoms with Gasteiger partial charge in [0, 0.05) is 18.7 Å². The zero-order chi connectivity index (χ0) is 10.1. The highest BCUT2D eigenvalue weighted by molar-refractivity contribution is 6.17. The quantitative estimate of drug-likeness (QED) is 0.658. The summed E-state index contributed by atoms with van der Waals surface area (Å²) in [5.74, 6) is 0.